The molecule has 0 bridgehead atoms. The van der Waals surface area contributed by atoms with Crippen LogP contribution in [-0.4, -0.2) is 26.3 Å². The van der Waals surface area contributed by atoms with Gasteiger partial charge in [0.1, 0.15) is 11.6 Å². The number of aromatic nitrogens is 1. The molecule has 0 fully saturated rings. The normalized spacial score (nSPS) is 10.8. The highest BCUT2D eigenvalue weighted by molar-refractivity contribution is 5.59. The second-order valence-corrected chi connectivity index (χ2v) is 4.91. The molecule has 0 atom stereocenters. The average Bonchev–Trinajstić information content (AvgIpc) is 2.59. The molecule has 10 nitrogen and oxygen atoms in total. The van der Waals surface area contributed by atoms with Crippen LogP contribution < -0.4 is 5.56 Å². The molecule has 0 spiro atoms. The Morgan fingerprint density at radius 3 is 2.64 bits per heavy atom. The van der Waals surface area contributed by atoms with E-state index >= 15 is 0 Å². The summed E-state index contributed by atoms with van der Waals surface area (Å²) in [5.41, 5.74) is -1.48. The van der Waals surface area contributed by atoms with E-state index in [-0.39, 0.29) is 34.7 Å². The second kappa shape index (κ2) is 7.33. The zero-order valence-electron chi connectivity index (χ0n) is 13.1. The van der Waals surface area contributed by atoms with Crippen LogP contribution in [0.3, 0.4) is 0 Å². The molecule has 0 amide bonds. The van der Waals surface area contributed by atoms with Crippen LogP contribution in [0.15, 0.2) is 39.3 Å². The number of nitrogens with zero attached hydrogens (tertiary/aromatic N) is 5. The van der Waals surface area contributed by atoms with Crippen LogP contribution in [0.1, 0.15) is 11.1 Å². The molecular formula is C15H13N5O5. The number of aromatic hydroxyl groups is 1. The van der Waals surface area contributed by atoms with Gasteiger partial charge in [-0.3, -0.25) is 19.5 Å². The Bertz CT molecular complexity index is 958. The van der Waals surface area contributed by atoms with E-state index in [9.17, 15) is 20.0 Å². The number of benzene rings is 1. The number of nitro benzene ring substituents is 1. The van der Waals surface area contributed by atoms with Gasteiger partial charge in [0.2, 0.25) is 5.88 Å². The van der Waals surface area contributed by atoms with E-state index in [0.29, 0.717) is 0 Å². The van der Waals surface area contributed by atoms with Gasteiger partial charge in [-0.15, -0.1) is 10.2 Å². The van der Waals surface area contributed by atoms with E-state index in [1.165, 1.54) is 31.2 Å². The van der Waals surface area contributed by atoms with Crippen LogP contribution in [0, 0.1) is 28.4 Å². The SMILES string of the molecule is Cc1c(C#N)c(O)n(CCO)c(=O)c1N=Nc1ccccc1[N+](=O)[O-]. The largest absolute Gasteiger partial charge is 0.493 e. The predicted octanol–water partition coefficient (Wildman–Crippen LogP) is 2.05. The number of azo groups is 1. The third-order valence-corrected chi connectivity index (χ3v) is 3.43. The van der Waals surface area contributed by atoms with Gasteiger partial charge in [-0.2, -0.15) is 5.26 Å². The zero-order valence-corrected chi connectivity index (χ0v) is 13.1. The highest BCUT2D eigenvalue weighted by Gasteiger charge is 2.19. The number of pyridine rings is 1. The van der Waals surface area contributed by atoms with Crippen molar-refractivity contribution in [3.63, 3.8) is 0 Å². The molecule has 2 N–H and O–H groups in total. The van der Waals surface area contributed by atoms with E-state index in [4.69, 9.17) is 10.4 Å². The Balaban J connectivity index is 2.65. The van der Waals surface area contributed by atoms with Crippen molar-refractivity contribution in [2.24, 2.45) is 10.2 Å². The molecule has 1 aromatic heterocycles. The summed E-state index contributed by atoms with van der Waals surface area (Å²) < 4.78 is 0.791. The Hall–Kier alpha value is -3.58. The van der Waals surface area contributed by atoms with Crippen molar-refractivity contribution in [2.45, 2.75) is 13.5 Å². The third-order valence-electron chi connectivity index (χ3n) is 3.43. The predicted molar refractivity (Wildman–Crippen MR) is 86.2 cm³/mol. The van der Waals surface area contributed by atoms with Crippen molar-refractivity contribution in [2.75, 3.05) is 6.61 Å². The minimum Gasteiger partial charge on any atom is -0.493 e. The van der Waals surface area contributed by atoms with Gasteiger partial charge in [-0.1, -0.05) is 12.1 Å². The Morgan fingerprint density at radius 2 is 2.04 bits per heavy atom. The number of rotatable bonds is 5. The molecule has 0 saturated heterocycles. The standard InChI is InChI=1S/C15H13N5O5/c1-9-10(8-16)14(22)19(6-7-21)15(23)13(9)18-17-11-4-2-3-5-12(11)20(24)25/h2-5,21-22H,6-7H2,1H3. The topological polar surface area (TPSA) is 154 Å². The van der Waals surface area contributed by atoms with E-state index in [1.54, 1.807) is 6.07 Å². The molecular weight excluding hydrogens is 330 g/mol. The molecule has 1 aromatic carbocycles. The molecule has 128 valence electrons. The molecule has 0 unspecified atom stereocenters. The fourth-order valence-electron chi connectivity index (χ4n) is 2.17. The van der Waals surface area contributed by atoms with Gasteiger partial charge in [0.05, 0.1) is 18.1 Å². The molecule has 10 heteroatoms. The third kappa shape index (κ3) is 3.36. The van der Waals surface area contributed by atoms with Crippen LogP contribution in [0.2, 0.25) is 0 Å². The maximum absolute atomic E-state index is 12.4. The van der Waals surface area contributed by atoms with Crippen molar-refractivity contribution in [1.82, 2.24) is 4.57 Å². The smallest absolute Gasteiger partial charge is 0.296 e. The van der Waals surface area contributed by atoms with E-state index in [0.717, 1.165) is 4.57 Å². The number of nitro groups is 1. The van der Waals surface area contributed by atoms with Crippen LogP contribution in [0.5, 0.6) is 5.88 Å². The summed E-state index contributed by atoms with van der Waals surface area (Å²) in [6.45, 7) is 0.715. The first kappa shape index (κ1) is 17.8. The van der Waals surface area contributed by atoms with Crippen molar-refractivity contribution >= 4 is 17.1 Å². The van der Waals surface area contributed by atoms with E-state index < -0.39 is 23.0 Å². The Morgan fingerprint density at radius 1 is 1.36 bits per heavy atom. The summed E-state index contributed by atoms with van der Waals surface area (Å²) in [7, 11) is 0. The second-order valence-electron chi connectivity index (χ2n) is 4.91. The lowest BCUT2D eigenvalue weighted by atomic mass is 10.1. The number of para-hydroxylation sites is 1. The van der Waals surface area contributed by atoms with Crippen LogP contribution in [-0.2, 0) is 6.54 Å². The molecule has 2 rings (SSSR count). The summed E-state index contributed by atoms with van der Waals surface area (Å²) in [4.78, 5) is 22.8. The van der Waals surface area contributed by atoms with Crippen molar-refractivity contribution in [3.05, 3.63) is 55.9 Å². The van der Waals surface area contributed by atoms with Crippen molar-refractivity contribution in [3.8, 4) is 11.9 Å². The molecule has 0 aliphatic heterocycles. The van der Waals surface area contributed by atoms with Gasteiger partial charge in [-0.25, -0.2) is 0 Å². The molecule has 0 saturated carbocycles. The maximum atomic E-state index is 12.4. The monoisotopic (exact) mass is 343 g/mol. The highest BCUT2D eigenvalue weighted by Crippen LogP contribution is 2.30. The summed E-state index contributed by atoms with van der Waals surface area (Å²) in [6, 6.07) is 7.34. The first-order valence-electron chi connectivity index (χ1n) is 7.04. The first-order chi connectivity index (χ1) is 11.9. The van der Waals surface area contributed by atoms with Crippen LogP contribution in [0.25, 0.3) is 0 Å². The van der Waals surface area contributed by atoms with Crippen molar-refractivity contribution < 1.29 is 15.1 Å². The number of aliphatic hydroxyl groups excluding tert-OH is 1. The Kier molecular flexibility index (Phi) is 5.21. The fourth-order valence-corrected chi connectivity index (χ4v) is 2.17. The molecule has 0 aliphatic rings. The molecule has 2 aromatic rings. The fraction of sp³-hybridized carbons (Fsp3) is 0.200. The molecule has 0 aliphatic carbocycles. The van der Waals surface area contributed by atoms with Gasteiger partial charge in [0.25, 0.3) is 11.2 Å². The molecule has 0 radical (unpaired) electrons. The molecule has 1 heterocycles. The Labute approximate surface area is 141 Å². The zero-order chi connectivity index (χ0) is 18.6. The van der Waals surface area contributed by atoms with Crippen LogP contribution in [0.4, 0.5) is 17.1 Å². The lowest BCUT2D eigenvalue weighted by Gasteiger charge is -2.11. The summed E-state index contributed by atoms with van der Waals surface area (Å²) >= 11 is 0. The number of hydrogen-bond acceptors (Lipinski definition) is 8. The van der Waals surface area contributed by atoms with Crippen molar-refractivity contribution in [1.29, 1.82) is 5.26 Å². The van der Waals surface area contributed by atoms with E-state index in [1.807, 2.05) is 0 Å². The lowest BCUT2D eigenvalue weighted by Crippen LogP contribution is -2.23. The maximum Gasteiger partial charge on any atom is 0.296 e. The average molecular weight is 343 g/mol. The number of nitriles is 1. The number of hydrogen-bond donors (Lipinski definition) is 2. The van der Waals surface area contributed by atoms with Crippen LogP contribution >= 0.6 is 0 Å². The lowest BCUT2D eigenvalue weighted by molar-refractivity contribution is -0.384. The summed E-state index contributed by atoms with van der Waals surface area (Å²) in [6.07, 6.45) is 0. The van der Waals surface area contributed by atoms with E-state index in [2.05, 4.69) is 10.2 Å². The minimum absolute atomic E-state index is 0.0633. The van der Waals surface area contributed by atoms with Gasteiger partial charge in [-0.05, 0) is 13.0 Å². The quantitative estimate of drug-likeness (QED) is 0.481. The summed E-state index contributed by atoms with van der Waals surface area (Å²) in [5.74, 6) is -0.580. The molecule has 25 heavy (non-hydrogen) atoms. The highest BCUT2D eigenvalue weighted by atomic mass is 16.6. The van der Waals surface area contributed by atoms with Gasteiger partial charge >= 0.3 is 0 Å². The number of aliphatic hydroxyl groups is 1. The van der Waals surface area contributed by atoms with Gasteiger partial charge < -0.3 is 10.2 Å². The minimum atomic E-state index is -0.773. The van der Waals surface area contributed by atoms with Gasteiger partial charge in [0, 0.05) is 11.6 Å². The summed E-state index contributed by atoms with van der Waals surface area (Å²) in [5, 5.41) is 46.6. The first-order valence-corrected chi connectivity index (χ1v) is 7.04. The van der Waals surface area contributed by atoms with Gasteiger partial charge in [0.15, 0.2) is 11.4 Å².